The quantitative estimate of drug-likeness (QED) is 0.106. The lowest BCUT2D eigenvalue weighted by Crippen LogP contribution is -2.56. The van der Waals surface area contributed by atoms with Gasteiger partial charge in [-0.15, -0.1) is 0 Å². The zero-order chi connectivity index (χ0) is 60.0. The van der Waals surface area contributed by atoms with Crippen LogP contribution in [0.3, 0.4) is 0 Å². The van der Waals surface area contributed by atoms with Crippen molar-refractivity contribution < 1.29 is 85.6 Å². The molecule has 4 N–H and O–H groups in total. The van der Waals surface area contributed by atoms with Gasteiger partial charge in [-0.1, -0.05) is 78.7 Å². The predicted molar refractivity (Wildman–Crippen MR) is 299 cm³/mol. The average Bonchev–Trinajstić information content (AvgIpc) is 3.53. The summed E-state index contributed by atoms with van der Waals surface area (Å²) in [6.07, 6.45) is -10.1. The van der Waals surface area contributed by atoms with Gasteiger partial charge < -0.3 is 62.8 Å². The Morgan fingerprint density at radius 3 is 2.12 bits per heavy atom. The third-order valence-corrected chi connectivity index (χ3v) is 19.0. The van der Waals surface area contributed by atoms with Crippen LogP contribution in [0.1, 0.15) is 135 Å². The van der Waals surface area contributed by atoms with Crippen LogP contribution >= 0.6 is 0 Å². The average molecular weight is 1170 g/mol. The van der Waals surface area contributed by atoms with Crippen LogP contribution in [0.15, 0.2) is 40.4 Å². The first kappa shape index (κ1) is 66.9. The largest absolute Gasteiger partial charge is 0.461 e. The van der Waals surface area contributed by atoms with Crippen LogP contribution in [-0.2, 0) is 71.9 Å². The highest BCUT2D eigenvalue weighted by Crippen LogP contribution is 2.40. The summed E-state index contributed by atoms with van der Waals surface area (Å²) >= 11 is 0. The summed E-state index contributed by atoms with van der Waals surface area (Å²) in [7, 11) is -0.829. The number of carbonyl (C=O) groups excluding carboxylic acids is 3. The van der Waals surface area contributed by atoms with E-state index < -0.39 is 143 Å². The molecule has 1 aromatic rings. The smallest absolute Gasteiger partial charge is 0.311 e. The van der Waals surface area contributed by atoms with Gasteiger partial charge in [-0.2, -0.15) is 0 Å². The van der Waals surface area contributed by atoms with Gasteiger partial charge in [0.1, 0.15) is 37.1 Å². The number of ether oxygens (including phenoxy) is 9. The normalized spacial score (nSPS) is 41.8. The van der Waals surface area contributed by atoms with Crippen molar-refractivity contribution in [2.24, 2.45) is 52.5 Å². The lowest BCUT2D eigenvalue weighted by Gasteiger charge is -2.45. The van der Waals surface area contributed by atoms with Gasteiger partial charge in [0.05, 0.1) is 65.7 Å². The van der Waals surface area contributed by atoms with Crippen molar-refractivity contribution in [2.45, 2.75) is 244 Å². The van der Waals surface area contributed by atoms with Crippen LogP contribution in [0.4, 0.5) is 0 Å². The van der Waals surface area contributed by atoms with E-state index >= 15 is 9.59 Å². The number of ketones is 1. The molecule has 462 valence electrons. The van der Waals surface area contributed by atoms with E-state index in [1.165, 1.54) is 21.1 Å². The molecule has 6 rings (SSSR count). The molecular weight excluding hydrogens is 1070 g/mol. The predicted octanol–water partition coefficient (Wildman–Crippen LogP) is 5.77. The fourth-order valence-corrected chi connectivity index (χ4v) is 14.2. The Morgan fingerprint density at radius 2 is 1.49 bits per heavy atom. The first-order chi connectivity index (χ1) is 38.0. The number of benzene rings is 1. The van der Waals surface area contributed by atoms with E-state index in [1.807, 2.05) is 55.4 Å². The van der Waals surface area contributed by atoms with Crippen LogP contribution < -0.4 is 4.72 Å². The molecule has 4 aliphatic heterocycles. The Hall–Kier alpha value is -3.23. The number of sulfonamides is 1. The monoisotopic (exact) mass is 1170 g/mol. The van der Waals surface area contributed by atoms with Gasteiger partial charge in [-0.25, -0.2) is 13.1 Å². The molecule has 0 aromatic heterocycles. The van der Waals surface area contributed by atoms with Crippen LogP contribution in [0.25, 0.3) is 0 Å². The molecule has 22 heteroatoms. The molecule has 1 aliphatic carbocycles. The van der Waals surface area contributed by atoms with Gasteiger partial charge in [-0.05, 0) is 84.8 Å². The number of nitrogens with one attached hydrogen (secondary N) is 1. The minimum atomic E-state index is -3.71. The van der Waals surface area contributed by atoms with E-state index in [2.05, 4.69) is 21.7 Å². The molecule has 0 spiro atoms. The molecule has 5 fully saturated rings. The van der Waals surface area contributed by atoms with Crippen molar-refractivity contribution in [1.82, 2.24) is 9.62 Å². The molecule has 22 atom stereocenters. The SMILES string of the molecule is CO/N=C1\C[C@@H](C)O[C@@H](O[C@@H]2[C@@H](C)[C@H](O[C@H]3CC(C)N(C4CC(NS(=O)(=O)c5ccccc5)C4)C[C@H](C)O3)[C@@H](C)C(=O)O[C@H]([C@@H](C)CO[C@@H]3O[C@H](C)[C@@H](O)[C@@H](C)[C@H]3OC)[C@H](C)[C@@H](OC(=O)CC(C)C)[C@@H](C)C(=O)[C@@](C)(O)C[C@@H]2C)[C@@H]1O. The zero-order valence-corrected chi connectivity index (χ0v) is 51.5. The molecule has 5 aliphatic rings. The van der Waals surface area contributed by atoms with Gasteiger partial charge in [0.2, 0.25) is 10.0 Å². The molecule has 0 radical (unpaired) electrons. The van der Waals surface area contributed by atoms with Crippen LogP contribution in [0.5, 0.6) is 0 Å². The van der Waals surface area contributed by atoms with Crippen molar-refractivity contribution in [2.75, 3.05) is 27.4 Å². The second kappa shape index (κ2) is 28.8. The maximum Gasteiger partial charge on any atom is 0.311 e. The van der Waals surface area contributed by atoms with Crippen molar-refractivity contribution in [3.05, 3.63) is 30.3 Å². The number of rotatable bonds is 17. The first-order valence-corrected chi connectivity index (χ1v) is 30.8. The molecule has 21 nitrogen and oxygen atoms in total. The number of esters is 2. The zero-order valence-electron chi connectivity index (χ0n) is 50.7. The summed E-state index contributed by atoms with van der Waals surface area (Å²) in [5.41, 5.74) is -1.76. The summed E-state index contributed by atoms with van der Waals surface area (Å²) < 4.78 is 87.7. The van der Waals surface area contributed by atoms with Crippen molar-refractivity contribution >= 4 is 33.5 Å². The van der Waals surface area contributed by atoms with Gasteiger partial charge in [0.15, 0.2) is 24.7 Å². The van der Waals surface area contributed by atoms with E-state index in [9.17, 15) is 28.5 Å². The fraction of sp³-hybridized carbons (Fsp3) is 0.831. The van der Waals surface area contributed by atoms with Gasteiger partial charge in [-0.3, -0.25) is 19.3 Å². The Balaban J connectivity index is 1.38. The van der Waals surface area contributed by atoms with E-state index in [0.717, 1.165) is 0 Å². The molecule has 0 amide bonds. The number of hydrogen-bond donors (Lipinski definition) is 4. The molecule has 4 saturated heterocycles. The number of oxime groups is 1. The molecule has 0 bridgehead atoms. The molecular formula is C59H97N3O18S. The Labute approximate surface area is 481 Å². The van der Waals surface area contributed by atoms with Gasteiger partial charge in [0.25, 0.3) is 0 Å². The van der Waals surface area contributed by atoms with E-state index in [1.54, 1.807) is 58.0 Å². The lowest BCUT2D eigenvalue weighted by atomic mass is 9.74. The highest BCUT2D eigenvalue weighted by Gasteiger charge is 2.51. The Bertz CT molecular complexity index is 2340. The highest BCUT2D eigenvalue weighted by atomic mass is 32.2. The summed E-state index contributed by atoms with van der Waals surface area (Å²) in [6, 6.07) is 7.95. The van der Waals surface area contributed by atoms with Crippen molar-refractivity contribution in [3.63, 3.8) is 0 Å². The first-order valence-electron chi connectivity index (χ1n) is 29.4. The number of methoxy groups -OCH3 is 1. The topological polar surface area (TPSA) is 266 Å². The number of aliphatic hydroxyl groups excluding tert-OH is 2. The van der Waals surface area contributed by atoms with Gasteiger partial charge >= 0.3 is 11.9 Å². The van der Waals surface area contributed by atoms with Crippen LogP contribution in [-0.4, -0.2) is 183 Å². The van der Waals surface area contributed by atoms with E-state index in [0.29, 0.717) is 31.5 Å². The maximum absolute atomic E-state index is 15.4. The van der Waals surface area contributed by atoms with E-state index in [4.69, 9.17) is 47.5 Å². The minimum absolute atomic E-state index is 0.0352. The minimum Gasteiger partial charge on any atom is -0.461 e. The number of nitrogens with zero attached hydrogens (tertiary/aromatic N) is 2. The number of hydrogen-bond acceptors (Lipinski definition) is 20. The number of carbonyl (C=O) groups is 3. The Kier molecular flexibility index (Phi) is 23.8. The molecule has 81 heavy (non-hydrogen) atoms. The second-order valence-corrected chi connectivity index (χ2v) is 26.7. The van der Waals surface area contributed by atoms with E-state index in [-0.39, 0.29) is 66.8 Å². The molecule has 1 aromatic carbocycles. The maximum atomic E-state index is 15.4. The fourth-order valence-electron chi connectivity index (χ4n) is 12.9. The van der Waals surface area contributed by atoms with Crippen LogP contribution in [0, 0.1) is 47.3 Å². The van der Waals surface area contributed by atoms with Crippen molar-refractivity contribution in [1.29, 1.82) is 0 Å². The molecule has 4 heterocycles. The third-order valence-electron chi connectivity index (χ3n) is 17.4. The summed E-state index contributed by atoms with van der Waals surface area (Å²) in [4.78, 5) is 51.8. The third kappa shape index (κ3) is 16.6. The Morgan fingerprint density at radius 1 is 0.827 bits per heavy atom. The lowest BCUT2D eigenvalue weighted by molar-refractivity contribution is -0.288. The van der Waals surface area contributed by atoms with Crippen LogP contribution in [0.2, 0.25) is 0 Å². The summed E-state index contributed by atoms with van der Waals surface area (Å²) in [6.45, 7) is 25.6. The highest BCUT2D eigenvalue weighted by molar-refractivity contribution is 7.89. The second-order valence-electron chi connectivity index (χ2n) is 25.0. The van der Waals surface area contributed by atoms with Gasteiger partial charge in [0, 0.05) is 74.7 Å². The van der Waals surface area contributed by atoms with Crippen molar-refractivity contribution in [3.8, 4) is 0 Å². The number of cyclic esters (lactones) is 1. The molecule has 1 saturated carbocycles. The number of Topliss-reactive ketones (excluding diaryl/α,β-unsaturated/α-hetero) is 1. The molecule has 1 unspecified atom stereocenters. The summed E-state index contributed by atoms with van der Waals surface area (Å²) in [5.74, 6) is -7.52. The summed E-state index contributed by atoms with van der Waals surface area (Å²) in [5, 5.41) is 39.2. The number of aliphatic hydroxyl groups is 3. The standard InChI is InChI=1S/C59H97N3O18S/c1-30(2)22-46(63)77-52-38(10)51(32(4)29-73-58-54(71-15)36(8)48(64)41(13)76-58)79-56(67)40(12)53(37(9)50(31(3)27-59(14,68)55(66)39(52)11)80-57-49(65)45(60-72-16)24-34(6)75-57)78-47-23-33(5)62(28-35(7)74-47)43-25-42(26-43)61-81(69,70)44-20-18-17-19-21-44/h17-21,30-43,47-54,57-58,61,64-65,68H,22-29H2,1-16H3/b60-45+/t31-,32-,33?,34+,35-,36+,37+,38-,39+,40+,41+,42?,43?,47-,48-,49+,50-,51+,52+,53-,54+,57-,58+,59-/m0/s1.